The molecular weight excluding hydrogens is 458 g/mol. The highest BCUT2D eigenvalue weighted by Crippen LogP contribution is 2.29. The normalized spacial score (nSPS) is 19.2. The minimum Gasteiger partial charge on any atom is -0.468 e. The van der Waals surface area contributed by atoms with Crippen LogP contribution in [-0.4, -0.2) is 60.0 Å². The summed E-state index contributed by atoms with van der Waals surface area (Å²) in [6.45, 7) is 0.883. The van der Waals surface area contributed by atoms with Crippen molar-refractivity contribution in [3.63, 3.8) is 0 Å². The number of hydrogen-bond acceptors (Lipinski definition) is 7. The Morgan fingerprint density at radius 2 is 1.94 bits per heavy atom. The first-order valence-corrected chi connectivity index (χ1v) is 13.0. The van der Waals surface area contributed by atoms with Gasteiger partial charge in [-0.3, -0.25) is 19.7 Å². The van der Waals surface area contributed by atoms with Crippen LogP contribution in [0.3, 0.4) is 0 Å². The zero-order valence-corrected chi connectivity index (χ0v) is 21.0. The SMILES string of the molecule is COC(=O)CN[C@H](CC1CCCCC1)C(=O)N1CCC[C@H]1C(=O)NCc1ccc2c(N)nccc2c1. The van der Waals surface area contributed by atoms with Crippen molar-refractivity contribution >= 4 is 34.4 Å². The zero-order valence-electron chi connectivity index (χ0n) is 21.0. The molecule has 9 nitrogen and oxygen atoms in total. The highest BCUT2D eigenvalue weighted by Gasteiger charge is 2.38. The summed E-state index contributed by atoms with van der Waals surface area (Å²) in [5.74, 6) is 0.270. The molecule has 0 bridgehead atoms. The molecule has 9 heteroatoms. The van der Waals surface area contributed by atoms with Crippen molar-refractivity contribution in [1.82, 2.24) is 20.5 Å². The molecule has 2 aliphatic rings. The summed E-state index contributed by atoms with van der Waals surface area (Å²) < 4.78 is 4.76. The molecule has 1 aliphatic carbocycles. The fourth-order valence-electron chi connectivity index (χ4n) is 5.48. The van der Waals surface area contributed by atoms with E-state index in [1.165, 1.54) is 26.4 Å². The van der Waals surface area contributed by atoms with Gasteiger partial charge in [-0.05, 0) is 48.3 Å². The number of carbonyl (C=O) groups excluding carboxylic acids is 3. The number of esters is 1. The van der Waals surface area contributed by atoms with Crippen LogP contribution in [0.15, 0.2) is 30.5 Å². The second-order valence-corrected chi connectivity index (χ2v) is 9.91. The molecule has 194 valence electrons. The van der Waals surface area contributed by atoms with Crippen LogP contribution < -0.4 is 16.4 Å². The summed E-state index contributed by atoms with van der Waals surface area (Å²) >= 11 is 0. The van der Waals surface area contributed by atoms with E-state index in [2.05, 4.69) is 15.6 Å². The van der Waals surface area contributed by atoms with Gasteiger partial charge in [-0.1, -0.05) is 44.2 Å². The molecule has 36 heavy (non-hydrogen) atoms. The van der Waals surface area contributed by atoms with Crippen LogP contribution in [0, 0.1) is 5.92 Å². The molecule has 0 unspecified atom stereocenters. The Morgan fingerprint density at radius 3 is 2.72 bits per heavy atom. The maximum Gasteiger partial charge on any atom is 0.319 e. The number of rotatable bonds is 9. The third-order valence-corrected chi connectivity index (χ3v) is 7.48. The first-order valence-electron chi connectivity index (χ1n) is 13.0. The lowest BCUT2D eigenvalue weighted by atomic mass is 9.84. The van der Waals surface area contributed by atoms with Crippen LogP contribution in [0.4, 0.5) is 5.82 Å². The summed E-state index contributed by atoms with van der Waals surface area (Å²) in [6.07, 6.45) is 9.53. The predicted molar refractivity (Wildman–Crippen MR) is 138 cm³/mol. The Kier molecular flexibility index (Phi) is 8.74. The molecule has 4 N–H and O–H groups in total. The average molecular weight is 496 g/mol. The number of fused-ring (bicyclic) bond motifs is 1. The average Bonchev–Trinajstić information content (AvgIpc) is 3.40. The number of aromatic nitrogens is 1. The Hall–Kier alpha value is -3.20. The number of nitrogens with one attached hydrogen (secondary N) is 2. The lowest BCUT2D eigenvalue weighted by Crippen LogP contribution is -2.53. The monoisotopic (exact) mass is 495 g/mol. The smallest absolute Gasteiger partial charge is 0.319 e. The van der Waals surface area contributed by atoms with Gasteiger partial charge >= 0.3 is 5.97 Å². The third kappa shape index (κ3) is 6.32. The minimum atomic E-state index is -0.508. The van der Waals surface area contributed by atoms with Gasteiger partial charge in [0.1, 0.15) is 11.9 Å². The third-order valence-electron chi connectivity index (χ3n) is 7.48. The number of benzene rings is 1. The number of methoxy groups -OCH3 is 1. The van der Waals surface area contributed by atoms with E-state index < -0.39 is 18.1 Å². The predicted octanol–water partition coefficient (Wildman–Crippen LogP) is 2.53. The number of nitrogens with two attached hydrogens (primary N) is 1. The molecule has 4 rings (SSSR count). The van der Waals surface area contributed by atoms with Crippen LogP contribution in [0.2, 0.25) is 0 Å². The summed E-state index contributed by atoms with van der Waals surface area (Å²) in [4.78, 5) is 44.3. The Bertz CT molecular complexity index is 1090. The van der Waals surface area contributed by atoms with E-state index in [1.54, 1.807) is 11.1 Å². The lowest BCUT2D eigenvalue weighted by Gasteiger charge is -2.31. The molecule has 2 fully saturated rings. The maximum atomic E-state index is 13.6. The van der Waals surface area contributed by atoms with Crippen molar-refractivity contribution in [2.75, 3.05) is 25.9 Å². The van der Waals surface area contributed by atoms with Gasteiger partial charge in [0.2, 0.25) is 11.8 Å². The summed E-state index contributed by atoms with van der Waals surface area (Å²) in [7, 11) is 1.34. The molecule has 1 aromatic carbocycles. The summed E-state index contributed by atoms with van der Waals surface area (Å²) in [5.41, 5.74) is 6.89. The second kappa shape index (κ2) is 12.2. The van der Waals surface area contributed by atoms with Crippen molar-refractivity contribution in [3.05, 3.63) is 36.0 Å². The van der Waals surface area contributed by atoms with Gasteiger partial charge in [0, 0.05) is 24.7 Å². The number of nitrogen functional groups attached to an aromatic ring is 1. The van der Waals surface area contributed by atoms with Crippen LogP contribution in [-0.2, 0) is 25.7 Å². The highest BCUT2D eigenvalue weighted by atomic mass is 16.5. The van der Waals surface area contributed by atoms with E-state index in [9.17, 15) is 14.4 Å². The van der Waals surface area contributed by atoms with Gasteiger partial charge in [0.25, 0.3) is 0 Å². The number of amides is 2. The molecule has 0 radical (unpaired) electrons. The number of nitrogens with zero attached hydrogens (tertiary/aromatic N) is 2. The van der Waals surface area contributed by atoms with Gasteiger partial charge in [-0.15, -0.1) is 0 Å². The molecule has 2 heterocycles. The molecular formula is C27H37N5O4. The first kappa shape index (κ1) is 25.9. The molecule has 2 atom stereocenters. The van der Waals surface area contributed by atoms with Crippen molar-refractivity contribution in [2.24, 2.45) is 5.92 Å². The fourth-order valence-corrected chi connectivity index (χ4v) is 5.48. The second-order valence-electron chi connectivity index (χ2n) is 9.91. The van der Waals surface area contributed by atoms with Crippen LogP contribution >= 0.6 is 0 Å². The molecule has 1 aliphatic heterocycles. The number of pyridine rings is 1. The Balaban J connectivity index is 1.40. The number of hydrogen-bond donors (Lipinski definition) is 3. The first-order chi connectivity index (χ1) is 17.5. The van der Waals surface area contributed by atoms with E-state index in [-0.39, 0.29) is 18.4 Å². The number of carbonyl (C=O) groups is 3. The van der Waals surface area contributed by atoms with E-state index in [4.69, 9.17) is 10.5 Å². The van der Waals surface area contributed by atoms with E-state index in [0.717, 1.165) is 35.6 Å². The van der Waals surface area contributed by atoms with Crippen molar-refractivity contribution in [2.45, 2.75) is 70.0 Å². The van der Waals surface area contributed by atoms with Crippen LogP contribution in [0.1, 0.15) is 56.9 Å². The zero-order chi connectivity index (χ0) is 25.5. The molecule has 1 saturated carbocycles. The minimum absolute atomic E-state index is 0.0215. The molecule has 2 aromatic rings. The largest absolute Gasteiger partial charge is 0.468 e. The quantitative estimate of drug-likeness (QED) is 0.456. The van der Waals surface area contributed by atoms with E-state index >= 15 is 0 Å². The van der Waals surface area contributed by atoms with Gasteiger partial charge in [-0.25, -0.2) is 4.98 Å². The van der Waals surface area contributed by atoms with Crippen molar-refractivity contribution in [1.29, 1.82) is 0 Å². The fraction of sp³-hybridized carbons (Fsp3) is 0.556. The molecule has 1 saturated heterocycles. The van der Waals surface area contributed by atoms with Gasteiger partial charge in [0.05, 0.1) is 19.7 Å². The lowest BCUT2D eigenvalue weighted by molar-refractivity contribution is -0.142. The molecule has 0 spiro atoms. The van der Waals surface area contributed by atoms with Crippen molar-refractivity contribution < 1.29 is 19.1 Å². The van der Waals surface area contributed by atoms with Gasteiger partial charge in [0.15, 0.2) is 0 Å². The topological polar surface area (TPSA) is 127 Å². The van der Waals surface area contributed by atoms with Crippen LogP contribution in [0.25, 0.3) is 10.8 Å². The Morgan fingerprint density at radius 1 is 1.14 bits per heavy atom. The highest BCUT2D eigenvalue weighted by molar-refractivity contribution is 5.92. The molecule has 2 amide bonds. The van der Waals surface area contributed by atoms with Gasteiger partial charge in [-0.2, -0.15) is 0 Å². The standard InChI is InChI=1S/C27H37N5O4/c1-36-24(33)17-30-22(15-18-6-3-2-4-7-18)27(35)32-13-5-8-23(32)26(34)31-16-19-9-10-21-20(14-19)11-12-29-25(21)28/h9-12,14,18,22-23,30H,2-8,13,15-17H2,1H3,(H2,28,29)(H,31,34)/t22-,23+/m1/s1. The molecule has 1 aromatic heterocycles. The van der Waals surface area contributed by atoms with Crippen LogP contribution in [0.5, 0.6) is 0 Å². The number of anilines is 1. The van der Waals surface area contributed by atoms with Crippen molar-refractivity contribution in [3.8, 4) is 0 Å². The Labute approximate surface area is 212 Å². The van der Waals surface area contributed by atoms with E-state index in [1.807, 2.05) is 24.3 Å². The number of likely N-dealkylation sites (tertiary alicyclic amines) is 1. The van der Waals surface area contributed by atoms with Gasteiger partial charge < -0.3 is 20.7 Å². The number of ether oxygens (including phenoxy) is 1. The summed E-state index contributed by atoms with van der Waals surface area (Å²) in [5, 5.41) is 7.98. The van der Waals surface area contributed by atoms with E-state index in [0.29, 0.717) is 37.7 Å². The maximum absolute atomic E-state index is 13.6. The summed E-state index contributed by atoms with van der Waals surface area (Å²) in [6, 6.07) is 6.71.